The molecule has 1 saturated carbocycles. The predicted octanol–water partition coefficient (Wildman–Crippen LogP) is 2.87. The molecule has 0 aliphatic heterocycles. The first-order chi connectivity index (χ1) is 8.40. The molecular formula is C11H12ClF3N2O. The standard InChI is InChI=1S/C11H12ClF3N2O/c12-9-3-7(11(13,14)15)5-17-10(9)18-8-1-6(2-8)4-16/h3,5-6,8H,1-2,4,16H2. The van der Waals surface area contributed by atoms with Crippen LogP contribution in [0.3, 0.4) is 0 Å². The van der Waals surface area contributed by atoms with Crippen molar-refractivity contribution in [2.24, 2.45) is 11.7 Å². The Morgan fingerprint density at radius 1 is 1.44 bits per heavy atom. The fourth-order valence-electron chi connectivity index (χ4n) is 1.79. The number of hydrogen-bond acceptors (Lipinski definition) is 3. The van der Waals surface area contributed by atoms with Crippen LogP contribution < -0.4 is 10.5 Å². The number of alkyl halides is 3. The fraction of sp³-hybridized carbons (Fsp3) is 0.545. The van der Waals surface area contributed by atoms with E-state index in [2.05, 4.69) is 4.98 Å². The molecule has 0 amide bonds. The van der Waals surface area contributed by atoms with Crippen LogP contribution in [-0.4, -0.2) is 17.6 Å². The smallest absolute Gasteiger partial charge is 0.417 e. The number of hydrogen-bond donors (Lipinski definition) is 1. The van der Waals surface area contributed by atoms with Crippen LogP contribution in [0.5, 0.6) is 5.88 Å². The van der Waals surface area contributed by atoms with Crippen molar-refractivity contribution in [1.29, 1.82) is 0 Å². The molecule has 1 heterocycles. The van der Waals surface area contributed by atoms with Crippen molar-refractivity contribution in [3.8, 4) is 5.88 Å². The Labute approximate surface area is 107 Å². The maximum absolute atomic E-state index is 12.4. The van der Waals surface area contributed by atoms with Crippen molar-refractivity contribution in [3.05, 3.63) is 22.8 Å². The van der Waals surface area contributed by atoms with E-state index in [4.69, 9.17) is 22.1 Å². The minimum Gasteiger partial charge on any atom is -0.473 e. The first-order valence-corrected chi connectivity index (χ1v) is 5.87. The lowest BCUT2D eigenvalue weighted by atomic mass is 9.82. The Balaban J connectivity index is 2.02. The highest BCUT2D eigenvalue weighted by atomic mass is 35.5. The van der Waals surface area contributed by atoms with E-state index >= 15 is 0 Å². The molecule has 1 aliphatic rings. The first-order valence-electron chi connectivity index (χ1n) is 5.49. The molecule has 0 atom stereocenters. The molecule has 1 aromatic heterocycles. The van der Waals surface area contributed by atoms with Crippen molar-refractivity contribution in [3.63, 3.8) is 0 Å². The Bertz CT molecular complexity index is 433. The molecule has 3 nitrogen and oxygen atoms in total. The highest BCUT2D eigenvalue weighted by Crippen LogP contribution is 2.36. The average Bonchev–Trinajstić information content (AvgIpc) is 2.23. The Morgan fingerprint density at radius 3 is 2.61 bits per heavy atom. The van der Waals surface area contributed by atoms with E-state index in [0.717, 1.165) is 25.1 Å². The van der Waals surface area contributed by atoms with Crippen LogP contribution in [0.15, 0.2) is 12.3 Å². The van der Waals surface area contributed by atoms with Gasteiger partial charge < -0.3 is 10.5 Å². The van der Waals surface area contributed by atoms with Crippen LogP contribution in [0.4, 0.5) is 13.2 Å². The zero-order chi connectivity index (χ0) is 13.3. The Morgan fingerprint density at radius 2 is 2.11 bits per heavy atom. The van der Waals surface area contributed by atoms with Gasteiger partial charge in [-0.25, -0.2) is 4.98 Å². The molecule has 2 rings (SSSR count). The molecule has 7 heteroatoms. The summed E-state index contributed by atoms with van der Waals surface area (Å²) in [6.45, 7) is 0.591. The van der Waals surface area contributed by atoms with E-state index in [1.807, 2.05) is 0 Å². The lowest BCUT2D eigenvalue weighted by molar-refractivity contribution is -0.137. The van der Waals surface area contributed by atoms with Crippen molar-refractivity contribution >= 4 is 11.6 Å². The summed E-state index contributed by atoms with van der Waals surface area (Å²) in [5.74, 6) is 0.466. The zero-order valence-corrected chi connectivity index (χ0v) is 10.1. The van der Waals surface area contributed by atoms with Crippen LogP contribution in [0, 0.1) is 5.92 Å². The highest BCUT2D eigenvalue weighted by molar-refractivity contribution is 6.31. The van der Waals surface area contributed by atoms with Crippen LogP contribution in [0.25, 0.3) is 0 Å². The SMILES string of the molecule is NCC1CC(Oc2ncc(C(F)(F)F)cc2Cl)C1. The van der Waals surface area contributed by atoms with Crippen molar-refractivity contribution in [2.45, 2.75) is 25.1 Å². The molecule has 0 saturated heterocycles. The summed E-state index contributed by atoms with van der Waals surface area (Å²) in [5, 5.41) is -0.124. The number of nitrogens with zero attached hydrogens (tertiary/aromatic N) is 1. The summed E-state index contributed by atoms with van der Waals surface area (Å²) in [4.78, 5) is 3.61. The highest BCUT2D eigenvalue weighted by Gasteiger charge is 2.33. The molecule has 1 fully saturated rings. The molecule has 2 N–H and O–H groups in total. The van der Waals surface area contributed by atoms with Gasteiger partial charge in [-0.2, -0.15) is 13.2 Å². The molecule has 1 aliphatic carbocycles. The topological polar surface area (TPSA) is 48.1 Å². The van der Waals surface area contributed by atoms with Gasteiger partial charge in [-0.15, -0.1) is 0 Å². The van der Waals surface area contributed by atoms with Gasteiger partial charge in [-0.05, 0) is 31.4 Å². The molecule has 18 heavy (non-hydrogen) atoms. The van der Waals surface area contributed by atoms with Gasteiger partial charge in [0.2, 0.25) is 5.88 Å². The molecule has 100 valence electrons. The van der Waals surface area contributed by atoms with Gasteiger partial charge in [0.05, 0.1) is 5.56 Å². The second-order valence-corrected chi connectivity index (χ2v) is 4.73. The minimum absolute atomic E-state index is 0.0464. The summed E-state index contributed by atoms with van der Waals surface area (Å²) in [6.07, 6.45) is -2.21. The van der Waals surface area contributed by atoms with E-state index in [9.17, 15) is 13.2 Å². The average molecular weight is 281 g/mol. The van der Waals surface area contributed by atoms with Crippen molar-refractivity contribution in [2.75, 3.05) is 6.54 Å². The normalized spacial score (nSPS) is 23.6. The predicted molar refractivity (Wildman–Crippen MR) is 60.4 cm³/mol. The van der Waals surface area contributed by atoms with Gasteiger partial charge in [-0.1, -0.05) is 11.6 Å². The lowest BCUT2D eigenvalue weighted by Gasteiger charge is -2.34. The maximum Gasteiger partial charge on any atom is 0.417 e. The summed E-state index contributed by atoms with van der Waals surface area (Å²) in [6, 6.07) is 0.822. The summed E-state index contributed by atoms with van der Waals surface area (Å²) in [7, 11) is 0. The second-order valence-electron chi connectivity index (χ2n) is 4.32. The molecule has 0 radical (unpaired) electrons. The number of rotatable bonds is 3. The number of ether oxygens (including phenoxy) is 1. The molecular weight excluding hydrogens is 269 g/mol. The van der Waals surface area contributed by atoms with E-state index < -0.39 is 11.7 Å². The van der Waals surface area contributed by atoms with Gasteiger partial charge in [0.15, 0.2) is 0 Å². The largest absolute Gasteiger partial charge is 0.473 e. The van der Waals surface area contributed by atoms with E-state index in [-0.39, 0.29) is 17.0 Å². The number of pyridine rings is 1. The van der Waals surface area contributed by atoms with Gasteiger partial charge >= 0.3 is 6.18 Å². The molecule has 0 unspecified atom stereocenters. The number of nitrogens with two attached hydrogens (primary N) is 1. The maximum atomic E-state index is 12.4. The first kappa shape index (κ1) is 13.4. The summed E-state index contributed by atoms with van der Waals surface area (Å²) >= 11 is 5.72. The minimum atomic E-state index is -4.45. The summed E-state index contributed by atoms with van der Waals surface area (Å²) < 4.78 is 42.6. The number of halogens is 4. The van der Waals surface area contributed by atoms with Gasteiger partial charge in [0.25, 0.3) is 0 Å². The van der Waals surface area contributed by atoms with Gasteiger partial charge in [-0.3, -0.25) is 0 Å². The van der Waals surface area contributed by atoms with Crippen molar-refractivity contribution < 1.29 is 17.9 Å². The zero-order valence-electron chi connectivity index (χ0n) is 9.38. The van der Waals surface area contributed by atoms with Crippen LogP contribution in [-0.2, 0) is 6.18 Å². The molecule has 0 spiro atoms. The van der Waals surface area contributed by atoms with Gasteiger partial charge in [0.1, 0.15) is 11.1 Å². The molecule has 0 aromatic carbocycles. The quantitative estimate of drug-likeness (QED) is 0.926. The van der Waals surface area contributed by atoms with Crippen LogP contribution >= 0.6 is 11.6 Å². The lowest BCUT2D eigenvalue weighted by Crippen LogP contribution is -2.38. The van der Waals surface area contributed by atoms with Crippen LogP contribution in [0.2, 0.25) is 5.02 Å². The third-order valence-corrected chi connectivity index (χ3v) is 3.21. The third kappa shape index (κ3) is 2.87. The Hall–Kier alpha value is -1.01. The van der Waals surface area contributed by atoms with Gasteiger partial charge in [0, 0.05) is 6.20 Å². The third-order valence-electron chi connectivity index (χ3n) is 2.94. The Kier molecular flexibility index (Phi) is 3.68. The van der Waals surface area contributed by atoms with E-state index in [0.29, 0.717) is 12.5 Å². The van der Waals surface area contributed by atoms with Crippen molar-refractivity contribution in [1.82, 2.24) is 4.98 Å². The van der Waals surface area contributed by atoms with E-state index in [1.54, 1.807) is 0 Å². The van der Waals surface area contributed by atoms with E-state index in [1.165, 1.54) is 0 Å². The number of aromatic nitrogens is 1. The monoisotopic (exact) mass is 280 g/mol. The fourth-order valence-corrected chi connectivity index (χ4v) is 2.00. The second kappa shape index (κ2) is 4.93. The van der Waals surface area contributed by atoms with Crippen LogP contribution in [0.1, 0.15) is 18.4 Å². The molecule has 0 bridgehead atoms. The molecule has 1 aromatic rings. The summed E-state index contributed by atoms with van der Waals surface area (Å²) in [5.41, 5.74) is 4.58.